The van der Waals surface area contributed by atoms with Crippen LogP contribution in [0, 0.1) is 0 Å². The maximum Gasteiger partial charge on any atom is 0.317 e. The lowest BCUT2D eigenvalue weighted by Crippen LogP contribution is -2.23. The van der Waals surface area contributed by atoms with Crippen molar-refractivity contribution in [3.05, 3.63) is 34.3 Å². The topological polar surface area (TPSA) is 96.2 Å². The minimum atomic E-state index is -0.936. The van der Waals surface area contributed by atoms with Gasteiger partial charge in [0.2, 0.25) is 0 Å². The molecule has 0 radical (unpaired) electrons. The summed E-state index contributed by atoms with van der Waals surface area (Å²) < 4.78 is 5.18. The largest absolute Gasteiger partial charge is 0.480 e. The summed E-state index contributed by atoms with van der Waals surface area (Å²) in [5, 5.41) is 8.92. The number of rotatable bonds is 2. The zero-order valence-electron chi connectivity index (χ0n) is 9.91. The summed E-state index contributed by atoms with van der Waals surface area (Å²) in [7, 11) is 0. The molecule has 6 nitrogen and oxygen atoms in total. The van der Waals surface area contributed by atoms with Crippen LogP contribution in [0.2, 0.25) is 0 Å². The third kappa shape index (κ3) is 1.86. The van der Waals surface area contributed by atoms with Crippen LogP contribution in [0.25, 0.3) is 11.6 Å². The highest BCUT2D eigenvalue weighted by molar-refractivity contribution is 8.00. The van der Waals surface area contributed by atoms with E-state index in [-0.39, 0.29) is 11.5 Å². The van der Waals surface area contributed by atoms with Gasteiger partial charge in [0, 0.05) is 5.92 Å². The molecule has 2 N–H and O–H groups in total. The van der Waals surface area contributed by atoms with E-state index in [9.17, 15) is 9.59 Å². The monoisotopic (exact) mass is 278 g/mol. The molecule has 7 heteroatoms. The van der Waals surface area contributed by atoms with Gasteiger partial charge in [0.15, 0.2) is 11.6 Å². The molecule has 3 rings (SSSR count). The first-order valence-corrected chi connectivity index (χ1v) is 6.53. The van der Waals surface area contributed by atoms with Crippen LogP contribution in [0.5, 0.6) is 0 Å². The summed E-state index contributed by atoms with van der Waals surface area (Å²) in [4.78, 5) is 30.1. The lowest BCUT2D eigenvalue weighted by atomic mass is 10.0. The van der Waals surface area contributed by atoms with Crippen molar-refractivity contribution in [3.63, 3.8) is 0 Å². The molecule has 2 unspecified atom stereocenters. The van der Waals surface area contributed by atoms with E-state index < -0.39 is 11.2 Å². The number of aliphatic carboxylic acids is 1. The first kappa shape index (κ1) is 12.0. The van der Waals surface area contributed by atoms with Crippen LogP contribution in [0.4, 0.5) is 0 Å². The molecule has 0 amide bonds. The number of carbonyl (C=O) groups is 1. The Morgan fingerprint density at radius 3 is 3.00 bits per heavy atom. The van der Waals surface area contributed by atoms with Crippen molar-refractivity contribution in [3.8, 4) is 11.6 Å². The van der Waals surface area contributed by atoms with Crippen LogP contribution in [0.3, 0.4) is 0 Å². The molecule has 0 aliphatic carbocycles. The molecule has 1 aliphatic heterocycles. The van der Waals surface area contributed by atoms with Gasteiger partial charge in [-0.1, -0.05) is 18.7 Å². The van der Waals surface area contributed by atoms with E-state index in [2.05, 4.69) is 9.97 Å². The second-order valence-corrected chi connectivity index (χ2v) is 5.41. The molecule has 0 spiro atoms. The SMILES string of the molecule is CC1c2c(nc(-c3ccco3)[nH]c2=O)SC1C(=O)O. The summed E-state index contributed by atoms with van der Waals surface area (Å²) in [6, 6.07) is 3.38. The van der Waals surface area contributed by atoms with Crippen molar-refractivity contribution in [1.82, 2.24) is 9.97 Å². The van der Waals surface area contributed by atoms with Crippen LogP contribution in [0.15, 0.2) is 32.6 Å². The predicted molar refractivity (Wildman–Crippen MR) is 68.3 cm³/mol. The summed E-state index contributed by atoms with van der Waals surface area (Å²) in [5.74, 6) is -0.528. The summed E-state index contributed by atoms with van der Waals surface area (Å²) in [6.07, 6.45) is 1.48. The second-order valence-electron chi connectivity index (χ2n) is 4.28. The molecule has 19 heavy (non-hydrogen) atoms. The Kier molecular flexibility index (Phi) is 2.70. The van der Waals surface area contributed by atoms with Gasteiger partial charge in [-0.25, -0.2) is 4.98 Å². The predicted octanol–water partition coefficient (Wildman–Crippen LogP) is 1.69. The van der Waals surface area contributed by atoms with Gasteiger partial charge in [0.1, 0.15) is 10.3 Å². The highest BCUT2D eigenvalue weighted by Gasteiger charge is 2.38. The minimum Gasteiger partial charge on any atom is -0.480 e. The first-order chi connectivity index (χ1) is 9.08. The number of carboxylic acids is 1. The van der Waals surface area contributed by atoms with Crippen LogP contribution in [-0.2, 0) is 4.79 Å². The first-order valence-electron chi connectivity index (χ1n) is 5.65. The van der Waals surface area contributed by atoms with Gasteiger partial charge in [0.25, 0.3) is 5.56 Å². The summed E-state index contributed by atoms with van der Waals surface area (Å²) in [5.41, 5.74) is 0.132. The zero-order chi connectivity index (χ0) is 13.6. The lowest BCUT2D eigenvalue weighted by Gasteiger charge is -2.07. The fourth-order valence-corrected chi connectivity index (χ4v) is 3.35. The standard InChI is InChI=1S/C12H10N2O4S/c1-5-7-10(15)13-9(6-3-2-4-18-6)14-11(7)19-8(5)12(16)17/h2-5,8H,1H3,(H,16,17)(H,13,14,15). The molecule has 0 saturated heterocycles. The van der Waals surface area contributed by atoms with Gasteiger partial charge < -0.3 is 14.5 Å². The molecular formula is C12H10N2O4S. The van der Waals surface area contributed by atoms with Gasteiger partial charge in [-0.15, -0.1) is 0 Å². The number of aromatic nitrogens is 2. The number of nitrogens with zero attached hydrogens (tertiary/aromatic N) is 1. The third-order valence-corrected chi connectivity index (χ3v) is 4.46. The van der Waals surface area contributed by atoms with Crippen LogP contribution in [-0.4, -0.2) is 26.3 Å². The molecule has 98 valence electrons. The van der Waals surface area contributed by atoms with Gasteiger partial charge in [-0.05, 0) is 12.1 Å². The molecule has 1 aliphatic rings. The maximum absolute atomic E-state index is 12.1. The molecule has 0 fully saturated rings. The minimum absolute atomic E-state index is 0.305. The van der Waals surface area contributed by atoms with Crippen molar-refractivity contribution in [2.24, 2.45) is 0 Å². The van der Waals surface area contributed by atoms with Gasteiger partial charge in [0.05, 0.1) is 11.8 Å². The Morgan fingerprint density at radius 2 is 2.37 bits per heavy atom. The van der Waals surface area contributed by atoms with Crippen molar-refractivity contribution in [1.29, 1.82) is 0 Å². The van der Waals surface area contributed by atoms with E-state index in [4.69, 9.17) is 9.52 Å². The Labute approximate surface area is 111 Å². The molecular weight excluding hydrogens is 268 g/mol. The van der Waals surface area contributed by atoms with E-state index in [1.54, 1.807) is 19.1 Å². The molecule has 0 bridgehead atoms. The molecule has 3 heterocycles. The summed E-state index contributed by atoms with van der Waals surface area (Å²) in [6.45, 7) is 1.72. The van der Waals surface area contributed by atoms with Gasteiger partial charge in [-0.3, -0.25) is 9.59 Å². The van der Waals surface area contributed by atoms with Crippen molar-refractivity contribution < 1.29 is 14.3 Å². The van der Waals surface area contributed by atoms with Crippen molar-refractivity contribution in [2.75, 3.05) is 0 Å². The normalized spacial score (nSPS) is 21.3. The van der Waals surface area contributed by atoms with Gasteiger partial charge in [-0.2, -0.15) is 0 Å². The number of H-pyrrole nitrogens is 1. The Hall–Kier alpha value is -2.02. The highest BCUT2D eigenvalue weighted by atomic mass is 32.2. The second kappa shape index (κ2) is 4.27. The third-order valence-electron chi connectivity index (χ3n) is 3.07. The fraction of sp³-hybridized carbons (Fsp3) is 0.250. The average molecular weight is 278 g/mol. The van der Waals surface area contributed by atoms with E-state index in [1.807, 2.05) is 0 Å². The Balaban J connectivity index is 2.11. The molecule has 2 atom stereocenters. The number of hydrogen-bond acceptors (Lipinski definition) is 5. The van der Waals surface area contributed by atoms with Crippen molar-refractivity contribution >= 4 is 17.7 Å². The van der Waals surface area contributed by atoms with E-state index in [1.165, 1.54) is 6.26 Å². The number of nitrogens with one attached hydrogen (secondary N) is 1. The van der Waals surface area contributed by atoms with Crippen LogP contribution >= 0.6 is 11.8 Å². The zero-order valence-corrected chi connectivity index (χ0v) is 10.7. The fourth-order valence-electron chi connectivity index (χ4n) is 2.12. The number of hydrogen-bond donors (Lipinski definition) is 2. The quantitative estimate of drug-likeness (QED) is 0.811. The van der Waals surface area contributed by atoms with E-state index in [0.29, 0.717) is 22.2 Å². The summed E-state index contributed by atoms with van der Waals surface area (Å²) >= 11 is 1.11. The number of furan rings is 1. The smallest absolute Gasteiger partial charge is 0.317 e. The molecule has 2 aromatic heterocycles. The van der Waals surface area contributed by atoms with Crippen LogP contribution in [0.1, 0.15) is 18.4 Å². The Morgan fingerprint density at radius 1 is 1.58 bits per heavy atom. The highest BCUT2D eigenvalue weighted by Crippen LogP contribution is 2.42. The number of thioether (sulfide) groups is 1. The average Bonchev–Trinajstić information content (AvgIpc) is 2.96. The number of aromatic amines is 1. The lowest BCUT2D eigenvalue weighted by molar-refractivity contribution is -0.136. The molecule has 0 aromatic carbocycles. The molecule has 0 saturated carbocycles. The number of fused-ring (bicyclic) bond motifs is 1. The van der Waals surface area contributed by atoms with E-state index >= 15 is 0 Å². The van der Waals surface area contributed by atoms with E-state index in [0.717, 1.165) is 11.8 Å². The molecule has 2 aromatic rings. The van der Waals surface area contributed by atoms with Gasteiger partial charge >= 0.3 is 5.97 Å². The van der Waals surface area contributed by atoms with Crippen molar-refractivity contribution in [2.45, 2.75) is 23.1 Å². The Bertz CT molecular complexity index is 692. The number of carboxylic acid groups (broad SMARTS) is 1. The maximum atomic E-state index is 12.1. The van der Waals surface area contributed by atoms with Crippen LogP contribution < -0.4 is 5.56 Å².